The van der Waals surface area contributed by atoms with Crippen molar-refractivity contribution in [1.82, 2.24) is 14.5 Å². The molecule has 1 saturated carbocycles. The third-order valence-electron chi connectivity index (χ3n) is 6.44. The zero-order valence-electron chi connectivity index (χ0n) is 15.5. The number of hydrogen-bond acceptors (Lipinski definition) is 3. The van der Waals surface area contributed by atoms with Crippen LogP contribution >= 0.6 is 28.1 Å². The molecular weight excluding hydrogens is 445 g/mol. The molecule has 3 heterocycles. The van der Waals surface area contributed by atoms with Crippen molar-refractivity contribution in [3.63, 3.8) is 0 Å². The predicted molar refractivity (Wildman–Crippen MR) is 108 cm³/mol. The van der Waals surface area contributed by atoms with Gasteiger partial charge in [-0.3, -0.25) is 4.79 Å². The van der Waals surface area contributed by atoms with E-state index < -0.39 is 0 Å². The van der Waals surface area contributed by atoms with Gasteiger partial charge in [0.1, 0.15) is 5.82 Å². The van der Waals surface area contributed by atoms with Gasteiger partial charge < -0.3 is 19.2 Å². The van der Waals surface area contributed by atoms with Crippen molar-refractivity contribution in [2.45, 2.75) is 43.2 Å². The molecule has 2 aliphatic heterocycles. The summed E-state index contributed by atoms with van der Waals surface area (Å²) in [6.07, 6.45) is 2.03. The Morgan fingerprint density at radius 2 is 2.32 bits per heavy atom. The molecule has 3 aliphatic rings. The van der Waals surface area contributed by atoms with Crippen molar-refractivity contribution in [2.24, 2.45) is 7.05 Å². The van der Waals surface area contributed by atoms with E-state index >= 15 is 0 Å². The Hall–Kier alpha value is -1.51. The maximum atomic E-state index is 14.6. The van der Waals surface area contributed by atoms with Gasteiger partial charge in [-0.1, -0.05) is 15.9 Å². The lowest BCUT2D eigenvalue weighted by Crippen LogP contribution is -2.36. The number of carbonyl (C=O) groups excluding carboxylic acids is 1. The summed E-state index contributed by atoms with van der Waals surface area (Å²) in [5.74, 6) is 0.0189. The van der Waals surface area contributed by atoms with E-state index in [2.05, 4.69) is 25.8 Å². The van der Waals surface area contributed by atoms with Gasteiger partial charge in [-0.2, -0.15) is 0 Å². The Morgan fingerprint density at radius 3 is 3.07 bits per heavy atom. The fraction of sp³-hybridized carbons (Fsp3) is 0.500. The molecule has 148 valence electrons. The highest BCUT2D eigenvalue weighted by molar-refractivity contribution is 9.10. The van der Waals surface area contributed by atoms with Crippen LogP contribution in [0, 0.1) is 10.6 Å². The van der Waals surface area contributed by atoms with Crippen molar-refractivity contribution in [1.29, 1.82) is 0 Å². The number of amides is 1. The topological polar surface area (TPSA) is 48.2 Å². The van der Waals surface area contributed by atoms with Gasteiger partial charge in [0, 0.05) is 47.4 Å². The summed E-state index contributed by atoms with van der Waals surface area (Å²) in [6.45, 7) is 1.94. The van der Waals surface area contributed by atoms with E-state index in [-0.39, 0.29) is 35.5 Å². The van der Waals surface area contributed by atoms with Gasteiger partial charge in [-0.25, -0.2) is 4.39 Å². The normalized spacial score (nSPS) is 27.5. The monoisotopic (exact) mass is 465 g/mol. The highest BCUT2D eigenvalue weighted by atomic mass is 79.9. The molecule has 1 saturated heterocycles. The Kier molecular flexibility index (Phi) is 4.30. The number of rotatable bonds is 4. The minimum Gasteiger partial charge on any atom is -0.379 e. The van der Waals surface area contributed by atoms with Crippen molar-refractivity contribution in [3.05, 3.63) is 50.2 Å². The van der Waals surface area contributed by atoms with Crippen LogP contribution < -0.4 is 5.32 Å². The highest BCUT2D eigenvalue weighted by Gasteiger charge is 2.63. The number of benzene rings is 1. The molecule has 0 bridgehead atoms. The minimum absolute atomic E-state index is 0.0127. The number of nitrogens with zero attached hydrogens (tertiary/aromatic N) is 2. The van der Waals surface area contributed by atoms with Gasteiger partial charge in [-0.05, 0) is 48.8 Å². The lowest BCUT2D eigenvalue weighted by atomic mass is 9.93. The summed E-state index contributed by atoms with van der Waals surface area (Å²) in [6, 6.07) is 5.22. The van der Waals surface area contributed by atoms with E-state index in [9.17, 15) is 9.18 Å². The molecular formula is C20H21BrFN3O2S. The zero-order valence-corrected chi connectivity index (χ0v) is 17.9. The predicted octanol–water partition coefficient (Wildman–Crippen LogP) is 3.34. The smallest absolute Gasteiger partial charge is 0.226 e. The summed E-state index contributed by atoms with van der Waals surface area (Å²) in [7, 11) is 1.92. The number of imidazole rings is 1. The maximum absolute atomic E-state index is 14.6. The molecule has 28 heavy (non-hydrogen) atoms. The fourth-order valence-electron chi connectivity index (χ4n) is 4.94. The molecule has 5 rings (SSSR count). The SMILES string of the molecule is Cn1c(CC(=O)N[C@@H]2CCOC2)c2n(c1=S)C[C@@]1(c3cc(Br)ccc3F)C[C@@H]21. The van der Waals surface area contributed by atoms with Crippen molar-refractivity contribution < 1.29 is 13.9 Å². The van der Waals surface area contributed by atoms with Gasteiger partial charge in [0.25, 0.3) is 0 Å². The highest BCUT2D eigenvalue weighted by Crippen LogP contribution is 2.66. The van der Waals surface area contributed by atoms with Gasteiger partial charge in [0.05, 0.1) is 19.1 Å². The van der Waals surface area contributed by atoms with Crippen molar-refractivity contribution >= 4 is 34.1 Å². The summed E-state index contributed by atoms with van der Waals surface area (Å²) < 4.78 is 25.6. The second-order valence-corrected chi connectivity index (χ2v) is 9.38. The summed E-state index contributed by atoms with van der Waals surface area (Å²) in [4.78, 5) is 12.6. The Labute approximate surface area is 176 Å². The van der Waals surface area contributed by atoms with Gasteiger partial charge in [0.2, 0.25) is 5.91 Å². The van der Waals surface area contributed by atoms with Crippen LogP contribution in [0.4, 0.5) is 4.39 Å². The molecule has 1 amide bonds. The quantitative estimate of drug-likeness (QED) is 0.704. The number of fused-ring (bicyclic) bond motifs is 3. The number of halogens is 2. The standard InChI is InChI=1S/C20H21BrFN3O2S/c1-24-16(7-17(26)23-12-4-5-27-9-12)18-14-8-20(14,10-25(18)19(24)28)13-6-11(21)2-3-15(13)22/h2-3,6,12,14H,4-5,7-10H2,1H3,(H,23,26)/t12-,14+,20-/m1/s1. The third kappa shape index (κ3) is 2.72. The molecule has 2 fully saturated rings. The summed E-state index contributed by atoms with van der Waals surface area (Å²) >= 11 is 9.11. The van der Waals surface area contributed by atoms with Crippen LogP contribution in [0.25, 0.3) is 0 Å². The van der Waals surface area contributed by atoms with Crippen LogP contribution in [0.15, 0.2) is 22.7 Å². The molecule has 1 N–H and O–H groups in total. The molecule has 2 aromatic rings. The average Bonchev–Trinajstić information content (AvgIpc) is 2.95. The number of hydrogen-bond donors (Lipinski definition) is 1. The minimum atomic E-state index is -0.241. The van der Waals surface area contributed by atoms with Gasteiger partial charge >= 0.3 is 0 Å². The molecule has 1 aromatic carbocycles. The summed E-state index contributed by atoms with van der Waals surface area (Å²) in [5, 5.41) is 3.05. The number of aromatic nitrogens is 2. The van der Waals surface area contributed by atoms with Crippen LogP contribution in [0.2, 0.25) is 0 Å². The molecule has 5 nitrogen and oxygen atoms in total. The molecule has 3 atom stereocenters. The second kappa shape index (κ2) is 6.50. The Balaban J connectivity index is 1.46. The van der Waals surface area contributed by atoms with Crippen LogP contribution in [-0.2, 0) is 35.0 Å². The van der Waals surface area contributed by atoms with Crippen molar-refractivity contribution in [3.8, 4) is 0 Å². The van der Waals surface area contributed by atoms with E-state index in [4.69, 9.17) is 17.0 Å². The van der Waals surface area contributed by atoms with Crippen LogP contribution in [0.3, 0.4) is 0 Å². The zero-order chi connectivity index (χ0) is 19.6. The number of nitrogens with one attached hydrogen (secondary N) is 1. The molecule has 0 unspecified atom stereocenters. The first-order valence-corrected chi connectivity index (χ1v) is 10.7. The van der Waals surface area contributed by atoms with E-state index in [0.29, 0.717) is 24.5 Å². The molecule has 8 heteroatoms. The van der Waals surface area contributed by atoms with Gasteiger partial charge in [0.15, 0.2) is 4.77 Å². The molecule has 0 radical (unpaired) electrons. The summed E-state index contributed by atoms with van der Waals surface area (Å²) in [5.41, 5.74) is 2.55. The van der Waals surface area contributed by atoms with E-state index in [0.717, 1.165) is 34.3 Å². The van der Waals surface area contributed by atoms with E-state index in [1.807, 2.05) is 17.7 Å². The second-order valence-electron chi connectivity index (χ2n) is 8.10. The first-order chi connectivity index (χ1) is 13.4. The maximum Gasteiger partial charge on any atom is 0.226 e. The van der Waals surface area contributed by atoms with E-state index in [1.54, 1.807) is 6.07 Å². The largest absolute Gasteiger partial charge is 0.379 e. The van der Waals surface area contributed by atoms with Crippen LogP contribution in [0.1, 0.15) is 35.7 Å². The van der Waals surface area contributed by atoms with Crippen LogP contribution in [0.5, 0.6) is 0 Å². The first-order valence-electron chi connectivity index (χ1n) is 9.51. The van der Waals surface area contributed by atoms with E-state index in [1.165, 1.54) is 6.07 Å². The molecule has 1 aliphatic carbocycles. The van der Waals surface area contributed by atoms with Gasteiger partial charge in [-0.15, -0.1) is 0 Å². The lowest BCUT2D eigenvalue weighted by Gasteiger charge is -2.15. The number of ether oxygens (including phenoxy) is 1. The van der Waals surface area contributed by atoms with Crippen LogP contribution in [-0.4, -0.2) is 34.3 Å². The molecule has 0 spiro atoms. The third-order valence-corrected chi connectivity index (χ3v) is 7.43. The first kappa shape index (κ1) is 18.5. The van der Waals surface area contributed by atoms with Crippen molar-refractivity contribution in [2.75, 3.05) is 13.2 Å². The number of carbonyl (C=O) groups is 1. The average molecular weight is 466 g/mol. The fourth-order valence-corrected chi connectivity index (χ4v) is 5.57. The molecule has 1 aromatic heterocycles. The Morgan fingerprint density at radius 1 is 1.50 bits per heavy atom. The Bertz CT molecular complexity index is 1040. The lowest BCUT2D eigenvalue weighted by molar-refractivity contribution is -0.121.